The highest BCUT2D eigenvalue weighted by Gasteiger charge is 2.25. The molecule has 0 aliphatic heterocycles. The van der Waals surface area contributed by atoms with Gasteiger partial charge in [-0.3, -0.25) is 0 Å². The first-order valence-corrected chi connectivity index (χ1v) is 5.94. The Bertz CT molecular complexity index is 386. The molecule has 2 unspecified atom stereocenters. The molecule has 16 heavy (non-hydrogen) atoms. The van der Waals surface area contributed by atoms with Crippen LogP contribution in [0.4, 0.5) is 0 Å². The SMILES string of the molecule is CNC(C)(C#N)CC(C)Sc1nnc(C)o1. The number of hydrogen-bond donors (Lipinski definition) is 1. The van der Waals surface area contributed by atoms with Gasteiger partial charge in [-0.05, 0) is 20.4 Å². The lowest BCUT2D eigenvalue weighted by molar-refractivity contribution is 0.423. The predicted molar refractivity (Wildman–Crippen MR) is 62.0 cm³/mol. The van der Waals surface area contributed by atoms with Crippen molar-refractivity contribution in [2.45, 2.75) is 43.2 Å². The first-order chi connectivity index (χ1) is 7.49. The van der Waals surface area contributed by atoms with Crippen molar-refractivity contribution in [3.8, 4) is 6.07 Å². The Morgan fingerprint density at radius 3 is 2.75 bits per heavy atom. The topological polar surface area (TPSA) is 74.7 Å². The Balaban J connectivity index is 2.54. The molecule has 5 nitrogen and oxygen atoms in total. The van der Waals surface area contributed by atoms with Crippen molar-refractivity contribution in [2.75, 3.05) is 7.05 Å². The van der Waals surface area contributed by atoms with Crippen molar-refractivity contribution in [3.05, 3.63) is 5.89 Å². The van der Waals surface area contributed by atoms with Gasteiger partial charge < -0.3 is 9.73 Å². The molecule has 0 radical (unpaired) electrons. The molecule has 0 fully saturated rings. The lowest BCUT2D eigenvalue weighted by Gasteiger charge is -2.23. The number of nitrogens with zero attached hydrogens (tertiary/aromatic N) is 3. The van der Waals surface area contributed by atoms with Gasteiger partial charge in [0, 0.05) is 12.2 Å². The van der Waals surface area contributed by atoms with E-state index in [9.17, 15) is 0 Å². The third-order valence-corrected chi connectivity index (χ3v) is 3.24. The third kappa shape index (κ3) is 3.51. The van der Waals surface area contributed by atoms with E-state index in [1.807, 2.05) is 13.8 Å². The lowest BCUT2D eigenvalue weighted by Crippen LogP contribution is -2.40. The number of nitrogens with one attached hydrogen (secondary N) is 1. The number of aromatic nitrogens is 2. The van der Waals surface area contributed by atoms with E-state index in [-0.39, 0.29) is 5.25 Å². The highest BCUT2D eigenvalue weighted by molar-refractivity contribution is 7.99. The molecule has 0 aromatic carbocycles. The fourth-order valence-electron chi connectivity index (χ4n) is 1.32. The molecule has 0 aliphatic carbocycles. The van der Waals surface area contributed by atoms with Gasteiger partial charge in [-0.15, -0.1) is 10.2 Å². The van der Waals surface area contributed by atoms with Crippen LogP contribution in [0, 0.1) is 18.3 Å². The summed E-state index contributed by atoms with van der Waals surface area (Å²) in [6, 6.07) is 2.26. The molecule has 0 saturated heterocycles. The summed E-state index contributed by atoms with van der Waals surface area (Å²) >= 11 is 1.49. The fraction of sp³-hybridized carbons (Fsp3) is 0.700. The maximum absolute atomic E-state index is 9.03. The molecule has 1 aromatic heterocycles. The van der Waals surface area contributed by atoms with Crippen LogP contribution < -0.4 is 5.32 Å². The first kappa shape index (κ1) is 13.0. The number of thioether (sulfide) groups is 1. The highest BCUT2D eigenvalue weighted by atomic mass is 32.2. The Hall–Kier alpha value is -1.06. The van der Waals surface area contributed by atoms with Crippen LogP contribution in [0.1, 0.15) is 26.2 Å². The predicted octanol–water partition coefficient (Wildman–Crippen LogP) is 1.75. The van der Waals surface area contributed by atoms with Crippen molar-refractivity contribution < 1.29 is 4.42 Å². The Morgan fingerprint density at radius 1 is 1.62 bits per heavy atom. The largest absolute Gasteiger partial charge is 0.416 e. The van der Waals surface area contributed by atoms with Gasteiger partial charge in [-0.1, -0.05) is 18.7 Å². The van der Waals surface area contributed by atoms with Crippen LogP contribution >= 0.6 is 11.8 Å². The Morgan fingerprint density at radius 2 is 2.31 bits per heavy atom. The molecule has 1 N–H and O–H groups in total. The maximum Gasteiger partial charge on any atom is 0.276 e. The minimum Gasteiger partial charge on any atom is -0.416 e. The summed E-state index contributed by atoms with van der Waals surface area (Å²) in [5.74, 6) is 0.561. The van der Waals surface area contributed by atoms with Crippen LogP contribution in [-0.4, -0.2) is 28.0 Å². The summed E-state index contributed by atoms with van der Waals surface area (Å²) in [6.45, 7) is 5.68. The number of hydrogen-bond acceptors (Lipinski definition) is 6. The number of aryl methyl sites for hydroxylation is 1. The summed E-state index contributed by atoms with van der Waals surface area (Å²) in [5, 5.41) is 20.5. The smallest absolute Gasteiger partial charge is 0.276 e. The van der Waals surface area contributed by atoms with Crippen molar-refractivity contribution in [2.24, 2.45) is 0 Å². The average Bonchev–Trinajstić information content (AvgIpc) is 2.63. The zero-order valence-corrected chi connectivity index (χ0v) is 10.8. The van der Waals surface area contributed by atoms with Crippen LogP contribution in [0.3, 0.4) is 0 Å². The van der Waals surface area contributed by atoms with Gasteiger partial charge in [-0.25, -0.2) is 0 Å². The highest BCUT2D eigenvalue weighted by Crippen LogP contribution is 2.27. The summed E-state index contributed by atoms with van der Waals surface area (Å²) in [5.41, 5.74) is -0.512. The second-order valence-corrected chi connectivity index (χ2v) is 5.30. The van der Waals surface area contributed by atoms with E-state index >= 15 is 0 Å². The molecular formula is C10H16N4OS. The van der Waals surface area contributed by atoms with Crippen LogP contribution in [0.25, 0.3) is 0 Å². The summed E-state index contributed by atoms with van der Waals surface area (Å²) < 4.78 is 5.27. The van der Waals surface area contributed by atoms with Crippen molar-refractivity contribution in [3.63, 3.8) is 0 Å². The molecule has 2 atom stereocenters. The van der Waals surface area contributed by atoms with E-state index < -0.39 is 5.54 Å². The first-order valence-electron chi connectivity index (χ1n) is 5.06. The normalized spacial score (nSPS) is 16.4. The van der Waals surface area contributed by atoms with E-state index in [0.717, 1.165) is 0 Å². The van der Waals surface area contributed by atoms with Gasteiger partial charge in [-0.2, -0.15) is 5.26 Å². The molecule has 0 amide bonds. The molecule has 88 valence electrons. The molecule has 1 heterocycles. The summed E-state index contributed by atoms with van der Waals surface area (Å²) in [7, 11) is 1.79. The number of nitriles is 1. The van der Waals surface area contributed by atoms with Crippen LogP contribution in [0.2, 0.25) is 0 Å². The Labute approximate surface area is 99.6 Å². The monoisotopic (exact) mass is 240 g/mol. The van der Waals surface area contributed by atoms with Crippen LogP contribution in [-0.2, 0) is 0 Å². The molecule has 0 saturated carbocycles. The maximum atomic E-state index is 9.03. The summed E-state index contributed by atoms with van der Waals surface area (Å²) in [6.07, 6.45) is 0.714. The molecule has 1 rings (SSSR count). The quantitative estimate of drug-likeness (QED) is 0.790. The van der Waals surface area contributed by atoms with E-state index in [2.05, 4.69) is 21.6 Å². The van der Waals surface area contributed by atoms with E-state index in [1.54, 1.807) is 14.0 Å². The second-order valence-electron chi connectivity index (χ2n) is 3.91. The van der Waals surface area contributed by atoms with Crippen LogP contribution in [0.15, 0.2) is 9.64 Å². The zero-order chi connectivity index (χ0) is 12.2. The fourth-order valence-corrected chi connectivity index (χ4v) is 2.34. The molecule has 0 bridgehead atoms. The Kier molecular flexibility index (Phi) is 4.33. The van der Waals surface area contributed by atoms with Gasteiger partial charge in [0.25, 0.3) is 5.22 Å². The van der Waals surface area contributed by atoms with Crippen molar-refractivity contribution >= 4 is 11.8 Å². The molecule has 0 spiro atoms. The lowest BCUT2D eigenvalue weighted by atomic mass is 9.98. The summed E-state index contributed by atoms with van der Waals surface area (Å²) in [4.78, 5) is 0. The van der Waals surface area contributed by atoms with Crippen molar-refractivity contribution in [1.82, 2.24) is 15.5 Å². The van der Waals surface area contributed by atoms with E-state index in [1.165, 1.54) is 11.8 Å². The van der Waals surface area contributed by atoms with Gasteiger partial charge in [0.15, 0.2) is 0 Å². The van der Waals surface area contributed by atoms with Gasteiger partial charge >= 0.3 is 0 Å². The standard InChI is InChI=1S/C10H16N4OS/c1-7(5-10(3,6-11)12-4)16-9-14-13-8(2)15-9/h7,12H,5H2,1-4H3. The van der Waals surface area contributed by atoms with Gasteiger partial charge in [0.05, 0.1) is 6.07 Å². The molecule has 0 aliphatic rings. The zero-order valence-electron chi connectivity index (χ0n) is 9.94. The van der Waals surface area contributed by atoms with Crippen molar-refractivity contribution in [1.29, 1.82) is 5.26 Å². The minimum atomic E-state index is -0.512. The molecule has 1 aromatic rings. The third-order valence-electron chi connectivity index (χ3n) is 2.30. The van der Waals surface area contributed by atoms with Crippen LogP contribution in [0.5, 0.6) is 0 Å². The number of rotatable bonds is 5. The molecule has 6 heteroatoms. The van der Waals surface area contributed by atoms with Gasteiger partial charge in [0.1, 0.15) is 5.54 Å². The van der Waals surface area contributed by atoms with E-state index in [0.29, 0.717) is 17.5 Å². The van der Waals surface area contributed by atoms with Gasteiger partial charge in [0.2, 0.25) is 5.89 Å². The van der Waals surface area contributed by atoms with E-state index in [4.69, 9.17) is 9.68 Å². The minimum absolute atomic E-state index is 0.233. The average molecular weight is 240 g/mol. The second kappa shape index (κ2) is 5.32. The molecular weight excluding hydrogens is 224 g/mol.